The van der Waals surface area contributed by atoms with Crippen LogP contribution in [-0.2, 0) is 13.0 Å². The second-order valence-electron chi connectivity index (χ2n) is 5.06. The topological polar surface area (TPSA) is 36.1 Å². The molecule has 0 heterocycles. The number of benzene rings is 1. The van der Waals surface area contributed by atoms with Crippen LogP contribution in [0.4, 0.5) is 5.69 Å². The van der Waals surface area contributed by atoms with Gasteiger partial charge in [0.2, 0.25) is 0 Å². The normalized spacial score (nSPS) is 12.2. The average Bonchev–Trinajstić information content (AvgIpc) is 2.38. The molecule has 0 bridgehead atoms. The van der Waals surface area contributed by atoms with Gasteiger partial charge in [-0.15, -0.1) is 0 Å². The van der Waals surface area contributed by atoms with E-state index in [2.05, 4.69) is 54.6 Å². The van der Waals surface area contributed by atoms with Crippen LogP contribution in [0.25, 0.3) is 0 Å². The third-order valence-electron chi connectivity index (χ3n) is 3.20. The van der Waals surface area contributed by atoms with E-state index in [0.717, 1.165) is 30.9 Å². The van der Waals surface area contributed by atoms with Crippen molar-refractivity contribution in [2.75, 3.05) is 18.9 Å². The molecule has 1 aromatic rings. The molecule has 0 aliphatic heterocycles. The van der Waals surface area contributed by atoms with Crippen LogP contribution in [0.3, 0.4) is 0 Å². The van der Waals surface area contributed by atoms with Gasteiger partial charge in [-0.25, -0.2) is 0 Å². The molecule has 0 aromatic heterocycles. The second-order valence-corrected chi connectivity index (χ2v) is 5.06. The van der Waals surface area contributed by atoms with Gasteiger partial charge in [-0.3, -0.25) is 0 Å². The van der Waals surface area contributed by atoms with Gasteiger partial charge in [0.15, 0.2) is 0 Å². The lowest BCUT2D eigenvalue weighted by Crippen LogP contribution is -2.33. The van der Waals surface area contributed by atoms with Crippen LogP contribution in [0.5, 0.6) is 0 Å². The van der Waals surface area contributed by atoms with E-state index in [1.807, 2.05) is 14.0 Å². The molecule has 106 valence electrons. The third kappa shape index (κ3) is 5.45. The number of allylic oxidation sites excluding steroid dienone is 1. The molecule has 0 radical (unpaired) electrons. The Morgan fingerprint density at radius 3 is 2.63 bits per heavy atom. The molecule has 0 aliphatic rings. The van der Waals surface area contributed by atoms with E-state index in [4.69, 9.17) is 0 Å². The summed E-state index contributed by atoms with van der Waals surface area (Å²) in [6.07, 6.45) is 1.06. The summed E-state index contributed by atoms with van der Waals surface area (Å²) in [4.78, 5) is 0. The second kappa shape index (κ2) is 7.97. The van der Waals surface area contributed by atoms with Gasteiger partial charge in [-0.2, -0.15) is 0 Å². The first-order chi connectivity index (χ1) is 9.06. The molecule has 19 heavy (non-hydrogen) atoms. The summed E-state index contributed by atoms with van der Waals surface area (Å²) in [5.41, 5.74) is 4.84. The lowest BCUT2D eigenvalue weighted by atomic mass is 10.0. The maximum atomic E-state index is 3.88. The summed E-state index contributed by atoms with van der Waals surface area (Å²) in [5.74, 6) is 0. The minimum Gasteiger partial charge on any atom is -0.360 e. The zero-order chi connectivity index (χ0) is 14.3. The van der Waals surface area contributed by atoms with Crippen molar-refractivity contribution in [3.05, 3.63) is 41.6 Å². The van der Waals surface area contributed by atoms with Gasteiger partial charge in [0.1, 0.15) is 0 Å². The summed E-state index contributed by atoms with van der Waals surface area (Å²) in [5, 5.41) is 10.00. The quantitative estimate of drug-likeness (QED) is 0.673. The number of hydrogen-bond acceptors (Lipinski definition) is 3. The highest BCUT2D eigenvalue weighted by molar-refractivity contribution is 5.51. The molecular weight excluding hydrogens is 234 g/mol. The molecule has 1 unspecified atom stereocenters. The van der Waals surface area contributed by atoms with Crippen LogP contribution < -0.4 is 16.0 Å². The van der Waals surface area contributed by atoms with Crippen LogP contribution in [0.2, 0.25) is 0 Å². The fourth-order valence-corrected chi connectivity index (χ4v) is 1.98. The van der Waals surface area contributed by atoms with E-state index in [1.54, 1.807) is 0 Å². The van der Waals surface area contributed by atoms with Crippen LogP contribution in [0, 0.1) is 0 Å². The lowest BCUT2D eigenvalue weighted by molar-refractivity contribution is 0.540. The zero-order valence-electron chi connectivity index (χ0n) is 12.6. The Balaban J connectivity index is 2.70. The maximum Gasteiger partial charge on any atom is 0.0385 e. The van der Waals surface area contributed by atoms with E-state index in [0.29, 0.717) is 6.04 Å². The Morgan fingerprint density at radius 1 is 1.32 bits per heavy atom. The Hall–Kier alpha value is -1.32. The fourth-order valence-electron chi connectivity index (χ4n) is 1.98. The highest BCUT2D eigenvalue weighted by Gasteiger charge is 2.04. The monoisotopic (exact) mass is 261 g/mol. The number of aryl methyl sites for hydroxylation is 1. The maximum absolute atomic E-state index is 3.88. The molecule has 3 N–H and O–H groups in total. The van der Waals surface area contributed by atoms with Crippen molar-refractivity contribution in [1.82, 2.24) is 10.6 Å². The van der Waals surface area contributed by atoms with Crippen molar-refractivity contribution < 1.29 is 0 Å². The van der Waals surface area contributed by atoms with E-state index in [9.17, 15) is 0 Å². The predicted octanol–water partition coefficient (Wildman–Crippen LogP) is 2.89. The van der Waals surface area contributed by atoms with Crippen LogP contribution in [0.15, 0.2) is 30.5 Å². The smallest absolute Gasteiger partial charge is 0.0385 e. The molecule has 0 amide bonds. The van der Waals surface area contributed by atoms with E-state index < -0.39 is 0 Å². The third-order valence-corrected chi connectivity index (χ3v) is 3.20. The molecule has 1 atom stereocenters. The minimum absolute atomic E-state index is 0.488. The summed E-state index contributed by atoms with van der Waals surface area (Å²) >= 11 is 0. The molecule has 0 aliphatic carbocycles. The van der Waals surface area contributed by atoms with Gasteiger partial charge in [0, 0.05) is 30.5 Å². The molecule has 1 aromatic carbocycles. The Labute approximate surface area is 117 Å². The molecule has 0 saturated heterocycles. The van der Waals surface area contributed by atoms with Gasteiger partial charge < -0.3 is 16.0 Å². The molecule has 3 nitrogen and oxygen atoms in total. The molecule has 0 fully saturated rings. The molecule has 0 saturated carbocycles. The van der Waals surface area contributed by atoms with Gasteiger partial charge in [0.25, 0.3) is 0 Å². The number of rotatable bonds is 8. The van der Waals surface area contributed by atoms with Crippen LogP contribution in [-0.4, -0.2) is 19.6 Å². The summed E-state index contributed by atoms with van der Waals surface area (Å²) in [6.45, 7) is 12.1. The molecule has 3 heteroatoms. The van der Waals surface area contributed by atoms with Crippen LogP contribution in [0.1, 0.15) is 31.9 Å². The lowest BCUT2D eigenvalue weighted by Gasteiger charge is -2.15. The largest absolute Gasteiger partial charge is 0.360 e. The highest BCUT2D eigenvalue weighted by Crippen LogP contribution is 2.17. The standard InChI is InChI=1S/C16H27N3/c1-6-14-7-8-16(19-12(2)3)9-15(14)11-18-10-13(4)17-5/h7-9,13,17-19H,2,6,10-11H2,1,3-5H3. The Morgan fingerprint density at radius 2 is 2.05 bits per heavy atom. The van der Waals surface area contributed by atoms with Crippen molar-refractivity contribution in [2.24, 2.45) is 0 Å². The predicted molar refractivity (Wildman–Crippen MR) is 84.5 cm³/mol. The zero-order valence-corrected chi connectivity index (χ0v) is 12.6. The minimum atomic E-state index is 0.488. The Kier molecular flexibility index (Phi) is 6.60. The summed E-state index contributed by atoms with van der Waals surface area (Å²) in [6, 6.07) is 7.02. The highest BCUT2D eigenvalue weighted by atomic mass is 15.0. The average molecular weight is 261 g/mol. The van der Waals surface area contributed by atoms with Crippen molar-refractivity contribution in [3.8, 4) is 0 Å². The van der Waals surface area contributed by atoms with Crippen molar-refractivity contribution in [1.29, 1.82) is 0 Å². The molecule has 0 spiro atoms. The fraction of sp³-hybridized carbons (Fsp3) is 0.500. The first-order valence-electron chi connectivity index (χ1n) is 6.99. The van der Waals surface area contributed by atoms with E-state index in [1.165, 1.54) is 11.1 Å². The van der Waals surface area contributed by atoms with Gasteiger partial charge >= 0.3 is 0 Å². The number of likely N-dealkylation sites (N-methyl/N-ethyl adjacent to an activating group) is 1. The number of anilines is 1. The Bertz CT molecular complexity index is 412. The van der Waals surface area contributed by atoms with Gasteiger partial charge in [-0.05, 0) is 50.6 Å². The summed E-state index contributed by atoms with van der Waals surface area (Å²) in [7, 11) is 1.99. The molecular formula is C16H27N3. The van der Waals surface area contributed by atoms with Gasteiger partial charge in [0.05, 0.1) is 0 Å². The van der Waals surface area contributed by atoms with Crippen molar-refractivity contribution in [3.63, 3.8) is 0 Å². The van der Waals surface area contributed by atoms with Crippen molar-refractivity contribution >= 4 is 5.69 Å². The van der Waals surface area contributed by atoms with E-state index in [-0.39, 0.29) is 0 Å². The summed E-state index contributed by atoms with van der Waals surface area (Å²) < 4.78 is 0. The number of hydrogen-bond donors (Lipinski definition) is 3. The van der Waals surface area contributed by atoms with Gasteiger partial charge in [-0.1, -0.05) is 19.6 Å². The first kappa shape index (κ1) is 15.7. The van der Waals surface area contributed by atoms with Crippen molar-refractivity contribution in [2.45, 2.75) is 39.8 Å². The van der Waals surface area contributed by atoms with Crippen LogP contribution >= 0.6 is 0 Å². The van der Waals surface area contributed by atoms with E-state index >= 15 is 0 Å². The molecule has 1 rings (SSSR count). The SMILES string of the molecule is C=C(C)Nc1ccc(CC)c(CNCC(C)NC)c1. The first-order valence-corrected chi connectivity index (χ1v) is 6.99. The number of nitrogens with one attached hydrogen (secondary N) is 3.